The molecule has 3 fully saturated rings. The van der Waals surface area contributed by atoms with E-state index < -0.39 is 6.04 Å². The summed E-state index contributed by atoms with van der Waals surface area (Å²) >= 11 is 2.18. The van der Waals surface area contributed by atoms with Gasteiger partial charge in [0.05, 0.1) is 25.3 Å². The lowest BCUT2D eigenvalue weighted by Crippen LogP contribution is -2.50. The zero-order chi connectivity index (χ0) is 19.7. The fourth-order valence-corrected chi connectivity index (χ4v) is 4.14. The Morgan fingerprint density at radius 3 is 2.46 bits per heavy atom. The van der Waals surface area contributed by atoms with Crippen LogP contribution in [-0.4, -0.2) is 73.0 Å². The zero-order valence-corrected chi connectivity index (χ0v) is 17.8. The summed E-state index contributed by atoms with van der Waals surface area (Å²) in [5.41, 5.74) is 0.574. The Morgan fingerprint density at radius 2 is 1.82 bits per heavy atom. The number of morpholine rings is 1. The number of hydrogen-bond acceptors (Lipinski definition) is 5. The van der Waals surface area contributed by atoms with E-state index in [0.717, 1.165) is 29.5 Å². The van der Waals surface area contributed by atoms with Crippen molar-refractivity contribution >= 4 is 46.0 Å². The van der Waals surface area contributed by atoms with Crippen molar-refractivity contribution in [3.8, 4) is 0 Å². The molecular weight excluding hydrogens is 473 g/mol. The summed E-state index contributed by atoms with van der Waals surface area (Å²) in [6, 6.07) is 6.60. The first-order valence-electron chi connectivity index (χ1n) is 9.77. The Hall–Kier alpha value is -1.52. The van der Waals surface area contributed by atoms with Gasteiger partial charge in [-0.15, -0.1) is 0 Å². The van der Waals surface area contributed by atoms with Gasteiger partial charge in [0.15, 0.2) is 0 Å². The van der Waals surface area contributed by atoms with Crippen LogP contribution in [0.15, 0.2) is 24.3 Å². The van der Waals surface area contributed by atoms with Crippen LogP contribution in [0.4, 0.5) is 5.69 Å². The van der Waals surface area contributed by atoms with Crippen LogP contribution in [0.25, 0.3) is 0 Å². The van der Waals surface area contributed by atoms with Gasteiger partial charge in [0.2, 0.25) is 11.8 Å². The van der Waals surface area contributed by atoms with Gasteiger partial charge in [0.1, 0.15) is 6.04 Å². The highest BCUT2D eigenvalue weighted by atomic mass is 127. The van der Waals surface area contributed by atoms with Crippen molar-refractivity contribution in [3.05, 3.63) is 27.8 Å². The summed E-state index contributed by atoms with van der Waals surface area (Å²) < 4.78 is 6.41. The molecule has 150 valence electrons. The van der Waals surface area contributed by atoms with E-state index in [1.807, 2.05) is 12.1 Å². The maximum Gasteiger partial charge on any atom is 0.257 e. The number of halogens is 1. The largest absolute Gasteiger partial charge is 0.379 e. The highest BCUT2D eigenvalue weighted by Crippen LogP contribution is 2.34. The molecule has 3 amide bonds. The number of imide groups is 1. The fourth-order valence-electron chi connectivity index (χ4n) is 3.78. The lowest BCUT2D eigenvalue weighted by Gasteiger charge is -2.32. The molecule has 3 aliphatic rings. The van der Waals surface area contributed by atoms with Crippen LogP contribution in [0.2, 0.25) is 0 Å². The summed E-state index contributed by atoms with van der Waals surface area (Å²) in [4.78, 5) is 43.8. The molecule has 0 radical (unpaired) electrons. The minimum atomic E-state index is -0.694. The first-order chi connectivity index (χ1) is 13.5. The van der Waals surface area contributed by atoms with E-state index in [-0.39, 0.29) is 30.1 Å². The van der Waals surface area contributed by atoms with E-state index in [9.17, 15) is 14.4 Å². The number of rotatable bonds is 6. The molecule has 1 aliphatic carbocycles. The molecule has 1 unspecified atom stereocenters. The van der Waals surface area contributed by atoms with E-state index >= 15 is 0 Å². The van der Waals surface area contributed by atoms with Gasteiger partial charge in [-0.25, -0.2) is 4.90 Å². The normalized spacial score (nSPS) is 23.3. The molecule has 7 nitrogen and oxygen atoms in total. The van der Waals surface area contributed by atoms with Crippen molar-refractivity contribution in [1.82, 2.24) is 9.80 Å². The number of hydrogen-bond donors (Lipinski definition) is 0. The topological polar surface area (TPSA) is 70.2 Å². The SMILES string of the molecule is O=C1CC(N(CCN2CCOCC2)C(=O)C2CC2)C(=O)N1c1ccc(I)cc1. The van der Waals surface area contributed by atoms with E-state index in [2.05, 4.69) is 27.5 Å². The lowest BCUT2D eigenvalue weighted by atomic mass is 10.1. The van der Waals surface area contributed by atoms with Gasteiger partial charge in [-0.3, -0.25) is 19.3 Å². The fraction of sp³-hybridized carbons (Fsp3) is 0.550. The highest BCUT2D eigenvalue weighted by molar-refractivity contribution is 14.1. The standard InChI is InChI=1S/C20H24IN3O4/c21-15-3-5-16(6-4-15)24-18(25)13-17(20(24)27)23(19(26)14-1-2-14)8-7-22-9-11-28-12-10-22/h3-6,14,17H,1-2,7-13H2. The molecule has 0 aromatic heterocycles. The van der Waals surface area contributed by atoms with E-state index in [1.54, 1.807) is 17.0 Å². The first-order valence-corrected chi connectivity index (χ1v) is 10.9. The van der Waals surface area contributed by atoms with Gasteiger partial charge >= 0.3 is 0 Å². The number of benzene rings is 1. The Labute approximate surface area is 178 Å². The zero-order valence-electron chi connectivity index (χ0n) is 15.7. The van der Waals surface area contributed by atoms with E-state index in [4.69, 9.17) is 4.74 Å². The van der Waals surface area contributed by atoms with Crippen molar-refractivity contribution in [3.63, 3.8) is 0 Å². The Morgan fingerprint density at radius 1 is 1.14 bits per heavy atom. The minimum absolute atomic E-state index is 0.0138. The van der Waals surface area contributed by atoms with Gasteiger partial charge in [-0.1, -0.05) is 0 Å². The number of carbonyl (C=O) groups is 3. The lowest BCUT2D eigenvalue weighted by molar-refractivity contribution is -0.139. The molecule has 2 heterocycles. The second kappa shape index (κ2) is 8.46. The van der Waals surface area contributed by atoms with Gasteiger partial charge in [-0.2, -0.15) is 0 Å². The van der Waals surface area contributed by atoms with Crippen LogP contribution in [0, 0.1) is 9.49 Å². The van der Waals surface area contributed by atoms with Gasteiger partial charge in [0, 0.05) is 35.7 Å². The maximum atomic E-state index is 13.1. The van der Waals surface area contributed by atoms with Gasteiger partial charge < -0.3 is 9.64 Å². The van der Waals surface area contributed by atoms with Crippen molar-refractivity contribution in [2.75, 3.05) is 44.3 Å². The molecule has 0 N–H and O–H groups in total. The molecule has 1 aromatic rings. The average molecular weight is 497 g/mol. The molecule has 2 aliphatic heterocycles. The molecule has 1 atom stereocenters. The van der Waals surface area contributed by atoms with Crippen LogP contribution in [0.3, 0.4) is 0 Å². The first kappa shape index (κ1) is 19.8. The number of amides is 3. The number of ether oxygens (including phenoxy) is 1. The van der Waals surface area contributed by atoms with Crippen molar-refractivity contribution in [1.29, 1.82) is 0 Å². The molecule has 4 rings (SSSR count). The molecule has 0 bridgehead atoms. The van der Waals surface area contributed by atoms with Crippen LogP contribution >= 0.6 is 22.6 Å². The monoisotopic (exact) mass is 497 g/mol. The predicted octanol–water partition coefficient (Wildman–Crippen LogP) is 1.49. The second-order valence-corrected chi connectivity index (χ2v) is 8.77. The summed E-state index contributed by atoms with van der Waals surface area (Å²) in [7, 11) is 0. The third-order valence-corrected chi connectivity index (χ3v) is 6.27. The third-order valence-electron chi connectivity index (χ3n) is 5.55. The molecule has 28 heavy (non-hydrogen) atoms. The molecule has 2 saturated heterocycles. The third kappa shape index (κ3) is 4.23. The van der Waals surface area contributed by atoms with E-state index in [0.29, 0.717) is 32.0 Å². The molecule has 8 heteroatoms. The number of nitrogens with zero attached hydrogens (tertiary/aromatic N) is 3. The van der Waals surface area contributed by atoms with Crippen LogP contribution in [0.1, 0.15) is 19.3 Å². The smallest absolute Gasteiger partial charge is 0.257 e. The average Bonchev–Trinajstić information content (AvgIpc) is 3.50. The summed E-state index contributed by atoms with van der Waals surface area (Å²) in [5, 5.41) is 0. The van der Waals surface area contributed by atoms with Gasteiger partial charge in [-0.05, 0) is 59.7 Å². The Kier molecular flexibility index (Phi) is 5.98. The molecule has 0 spiro atoms. The molecule has 1 saturated carbocycles. The molecular formula is C20H24IN3O4. The van der Waals surface area contributed by atoms with E-state index in [1.165, 1.54) is 4.90 Å². The predicted molar refractivity (Wildman–Crippen MR) is 112 cm³/mol. The van der Waals surface area contributed by atoms with Crippen molar-refractivity contribution in [2.45, 2.75) is 25.3 Å². The molecule has 1 aromatic carbocycles. The van der Waals surface area contributed by atoms with Crippen LogP contribution in [-0.2, 0) is 19.1 Å². The van der Waals surface area contributed by atoms with Crippen molar-refractivity contribution < 1.29 is 19.1 Å². The van der Waals surface area contributed by atoms with Crippen LogP contribution < -0.4 is 4.90 Å². The quantitative estimate of drug-likeness (QED) is 0.440. The Balaban J connectivity index is 1.50. The minimum Gasteiger partial charge on any atom is -0.379 e. The summed E-state index contributed by atoms with van der Waals surface area (Å²) in [5.74, 6) is -0.498. The Bertz CT molecular complexity index is 759. The number of carbonyl (C=O) groups excluding carboxylic acids is 3. The summed E-state index contributed by atoms with van der Waals surface area (Å²) in [6.45, 7) is 4.22. The number of anilines is 1. The maximum absolute atomic E-state index is 13.1. The van der Waals surface area contributed by atoms with Crippen LogP contribution in [0.5, 0.6) is 0 Å². The highest BCUT2D eigenvalue weighted by Gasteiger charge is 2.46. The van der Waals surface area contributed by atoms with Crippen molar-refractivity contribution in [2.24, 2.45) is 5.92 Å². The second-order valence-electron chi connectivity index (χ2n) is 7.52. The van der Waals surface area contributed by atoms with Gasteiger partial charge in [0.25, 0.3) is 5.91 Å². The summed E-state index contributed by atoms with van der Waals surface area (Å²) in [6.07, 6.45) is 1.82.